The molecule has 1 aliphatic rings. The zero-order chi connectivity index (χ0) is 15.8. The highest BCUT2D eigenvalue weighted by Gasteiger charge is 2.40. The molecule has 1 rings (SSSR count). The van der Waals surface area contributed by atoms with Crippen LogP contribution in [0.3, 0.4) is 0 Å². The molecule has 2 unspecified atom stereocenters. The van der Waals surface area contributed by atoms with Crippen molar-refractivity contribution in [1.82, 2.24) is 0 Å². The van der Waals surface area contributed by atoms with Crippen molar-refractivity contribution >= 4 is 22.6 Å². The van der Waals surface area contributed by atoms with Gasteiger partial charge < -0.3 is 4.48 Å². The second-order valence-corrected chi connectivity index (χ2v) is 8.48. The average molecular weight is 400 g/mol. The molecule has 0 saturated heterocycles. The zero-order valence-electron chi connectivity index (χ0n) is 13.9. The fourth-order valence-electron chi connectivity index (χ4n) is 3.13. The molecule has 21 heavy (non-hydrogen) atoms. The first-order valence-electron chi connectivity index (χ1n) is 8.35. The van der Waals surface area contributed by atoms with E-state index in [2.05, 4.69) is 73.6 Å². The number of quaternary nitrogens is 1. The van der Waals surface area contributed by atoms with E-state index < -0.39 is 0 Å². The summed E-state index contributed by atoms with van der Waals surface area (Å²) in [5.41, 5.74) is 0. The van der Waals surface area contributed by atoms with Crippen molar-refractivity contribution < 1.29 is 4.48 Å². The Balaban J connectivity index is 2.95. The first-order valence-corrected chi connectivity index (χ1v) is 9.43. The topological polar surface area (TPSA) is 0 Å². The van der Waals surface area contributed by atoms with E-state index in [4.69, 9.17) is 6.42 Å². The van der Waals surface area contributed by atoms with Gasteiger partial charge in [-0.05, 0) is 24.7 Å². The zero-order valence-corrected chi connectivity index (χ0v) is 16.1. The molecule has 0 radical (unpaired) electrons. The van der Waals surface area contributed by atoms with Gasteiger partial charge in [0.1, 0.15) is 6.54 Å². The van der Waals surface area contributed by atoms with Crippen molar-refractivity contribution in [2.45, 2.75) is 49.9 Å². The lowest BCUT2D eigenvalue weighted by atomic mass is 9.88. The van der Waals surface area contributed by atoms with Crippen LogP contribution >= 0.6 is 22.6 Å². The minimum Gasteiger partial charge on any atom is -0.312 e. The summed E-state index contributed by atoms with van der Waals surface area (Å²) in [6, 6.07) is 0. The fraction of sp³-hybridized carbons (Fsp3) is 0.684. The Hall–Kier alpha value is -0.270. The Morgan fingerprint density at radius 1 is 1.19 bits per heavy atom. The summed E-state index contributed by atoms with van der Waals surface area (Å²) in [7, 11) is 0. The van der Waals surface area contributed by atoms with E-state index in [0.29, 0.717) is 5.92 Å². The molecule has 1 nitrogen and oxygen atoms in total. The number of rotatable bonds is 9. The molecule has 0 heterocycles. The van der Waals surface area contributed by atoms with Crippen LogP contribution in [0.4, 0.5) is 0 Å². The Labute approximate surface area is 145 Å². The summed E-state index contributed by atoms with van der Waals surface area (Å²) < 4.78 is 1.29. The van der Waals surface area contributed by atoms with Crippen molar-refractivity contribution in [2.24, 2.45) is 5.92 Å². The van der Waals surface area contributed by atoms with E-state index >= 15 is 0 Å². The predicted molar refractivity (Wildman–Crippen MR) is 103 cm³/mol. The first kappa shape index (κ1) is 18.8. The van der Waals surface area contributed by atoms with Gasteiger partial charge in [0, 0.05) is 0 Å². The number of halogens is 1. The smallest absolute Gasteiger partial charge is 0.140 e. The molecule has 118 valence electrons. The summed E-state index contributed by atoms with van der Waals surface area (Å²) in [5.74, 6) is 3.55. The quantitative estimate of drug-likeness (QED) is 0.222. The number of nitrogens with zero attached hydrogens (tertiary/aromatic N) is 1. The maximum Gasteiger partial charge on any atom is 0.140 e. The summed E-state index contributed by atoms with van der Waals surface area (Å²) in [5, 5.41) is 0. The molecule has 2 atom stereocenters. The third-order valence-electron chi connectivity index (χ3n) is 4.62. The molecular formula is C19H31IN+. The molecular weight excluding hydrogens is 369 g/mol. The Morgan fingerprint density at radius 2 is 1.81 bits per heavy atom. The van der Waals surface area contributed by atoms with Crippen molar-refractivity contribution in [3.8, 4) is 12.3 Å². The van der Waals surface area contributed by atoms with Gasteiger partial charge in [0.25, 0.3) is 0 Å². The number of alkyl halides is 1. The second kappa shape index (κ2) is 9.00. The van der Waals surface area contributed by atoms with Crippen LogP contribution in [0.1, 0.15) is 46.5 Å². The third-order valence-corrected chi connectivity index (χ3v) is 6.30. The van der Waals surface area contributed by atoms with Crippen LogP contribution in [0.2, 0.25) is 0 Å². The lowest BCUT2D eigenvalue weighted by molar-refractivity contribution is -0.923. The molecule has 0 N–H and O–H groups in total. The van der Waals surface area contributed by atoms with Gasteiger partial charge in [-0.25, -0.2) is 0 Å². The van der Waals surface area contributed by atoms with Gasteiger partial charge in [-0.1, -0.05) is 80.5 Å². The Kier molecular flexibility index (Phi) is 8.05. The second-order valence-electron chi connectivity index (χ2n) is 6.48. The van der Waals surface area contributed by atoms with E-state index in [1.807, 2.05) is 0 Å². The van der Waals surface area contributed by atoms with Crippen LogP contribution in [-0.4, -0.2) is 34.1 Å². The molecule has 0 aromatic heterocycles. The number of terminal acetylenes is 1. The highest BCUT2D eigenvalue weighted by atomic mass is 127. The van der Waals surface area contributed by atoms with Crippen LogP contribution in [-0.2, 0) is 0 Å². The number of hydrogen-bond donors (Lipinski definition) is 0. The Bertz CT molecular complexity index is 396. The number of hydrogen-bond acceptors (Lipinski definition) is 0. The maximum absolute atomic E-state index is 5.74. The minimum atomic E-state index is 0.199. The van der Waals surface area contributed by atoms with Gasteiger partial charge in [0.05, 0.1) is 23.1 Å². The maximum atomic E-state index is 5.74. The molecule has 2 heteroatoms. The average Bonchev–Trinajstić information content (AvgIpc) is 2.46. The van der Waals surface area contributed by atoms with Crippen molar-refractivity contribution in [1.29, 1.82) is 0 Å². The first-order chi connectivity index (χ1) is 10.0. The van der Waals surface area contributed by atoms with Gasteiger partial charge in [-0.3, -0.25) is 0 Å². The fourth-order valence-corrected chi connectivity index (χ4v) is 4.27. The normalized spacial score (nSPS) is 25.0. The monoisotopic (exact) mass is 400 g/mol. The van der Waals surface area contributed by atoms with E-state index in [9.17, 15) is 0 Å². The van der Waals surface area contributed by atoms with E-state index in [-0.39, 0.29) is 3.42 Å². The largest absolute Gasteiger partial charge is 0.312 e. The molecule has 0 aromatic carbocycles. The van der Waals surface area contributed by atoms with Crippen LogP contribution in [0.25, 0.3) is 0 Å². The minimum absolute atomic E-state index is 0.199. The van der Waals surface area contributed by atoms with E-state index in [1.165, 1.54) is 38.8 Å². The molecule has 0 saturated carbocycles. The van der Waals surface area contributed by atoms with E-state index in [0.717, 1.165) is 17.6 Å². The van der Waals surface area contributed by atoms with Gasteiger partial charge in [0.2, 0.25) is 0 Å². The molecule has 0 amide bonds. The SMILES string of the molecule is C#CC[N+](CCCC)(CCCC)CC1(I)C=CC=CC1C. The van der Waals surface area contributed by atoms with Gasteiger partial charge >= 0.3 is 0 Å². The predicted octanol–water partition coefficient (Wildman–Crippen LogP) is 4.97. The van der Waals surface area contributed by atoms with Crippen molar-refractivity contribution in [3.05, 3.63) is 24.3 Å². The van der Waals surface area contributed by atoms with Crippen molar-refractivity contribution in [3.63, 3.8) is 0 Å². The molecule has 0 spiro atoms. The summed E-state index contributed by atoms with van der Waals surface area (Å²) in [4.78, 5) is 0. The van der Waals surface area contributed by atoms with Gasteiger partial charge in [0.15, 0.2) is 0 Å². The molecule has 1 aliphatic carbocycles. The van der Waals surface area contributed by atoms with Gasteiger partial charge in [-0.2, -0.15) is 0 Å². The summed E-state index contributed by atoms with van der Waals surface area (Å²) in [6.45, 7) is 11.3. The van der Waals surface area contributed by atoms with Crippen LogP contribution in [0.15, 0.2) is 24.3 Å². The lowest BCUT2D eigenvalue weighted by Gasteiger charge is -2.44. The molecule has 0 fully saturated rings. The summed E-state index contributed by atoms with van der Waals surface area (Å²) >= 11 is 2.66. The highest BCUT2D eigenvalue weighted by molar-refractivity contribution is 14.1. The molecule has 0 aromatic rings. The molecule has 0 bridgehead atoms. The van der Waals surface area contributed by atoms with Crippen LogP contribution < -0.4 is 0 Å². The molecule has 0 aliphatic heterocycles. The Morgan fingerprint density at radius 3 is 2.29 bits per heavy atom. The van der Waals surface area contributed by atoms with Crippen LogP contribution in [0.5, 0.6) is 0 Å². The third kappa shape index (κ3) is 5.45. The number of allylic oxidation sites excluding steroid dienone is 3. The van der Waals surface area contributed by atoms with E-state index in [1.54, 1.807) is 0 Å². The lowest BCUT2D eigenvalue weighted by Crippen LogP contribution is -2.57. The summed E-state index contributed by atoms with van der Waals surface area (Å²) in [6.07, 6.45) is 19.9. The van der Waals surface area contributed by atoms with Crippen molar-refractivity contribution in [2.75, 3.05) is 26.2 Å². The van der Waals surface area contributed by atoms with Gasteiger partial charge in [-0.15, -0.1) is 6.42 Å². The van der Waals surface area contributed by atoms with Crippen LogP contribution in [0, 0.1) is 18.3 Å². The number of unbranched alkanes of at least 4 members (excludes halogenated alkanes) is 2. The standard InChI is InChI=1S/C19H31IN/c1-5-8-15-21(14-7-3,16-9-6-2)17-19(20)13-11-10-12-18(19)4/h3,10-13,18H,5-6,8-9,14-17H2,1-2,4H3/q+1. The highest BCUT2D eigenvalue weighted by Crippen LogP contribution is 2.37.